The lowest BCUT2D eigenvalue weighted by molar-refractivity contribution is 0.103. The van der Waals surface area contributed by atoms with E-state index in [0.29, 0.717) is 4.88 Å². The first-order chi connectivity index (χ1) is 10.8. The molecule has 0 saturated carbocycles. The van der Waals surface area contributed by atoms with Gasteiger partial charge in [0.15, 0.2) is 0 Å². The predicted octanol–water partition coefficient (Wildman–Crippen LogP) is 3.87. The zero-order valence-electron chi connectivity index (χ0n) is 12.5. The molecule has 2 rings (SSSR count). The Balaban J connectivity index is 2.35. The van der Waals surface area contributed by atoms with Crippen molar-refractivity contribution in [2.75, 3.05) is 5.32 Å². The number of thiophene rings is 1. The summed E-state index contributed by atoms with van der Waals surface area (Å²) in [7, 11) is -4.79. The summed E-state index contributed by atoms with van der Waals surface area (Å²) in [5.74, 6) is -4.06. The third kappa shape index (κ3) is 3.59. The molecule has 8 heteroatoms. The van der Waals surface area contributed by atoms with Crippen molar-refractivity contribution in [3.05, 3.63) is 45.6 Å². The zero-order chi connectivity index (χ0) is 17.2. The van der Waals surface area contributed by atoms with Gasteiger partial charge < -0.3 is 5.32 Å². The van der Waals surface area contributed by atoms with E-state index in [4.69, 9.17) is 0 Å². The van der Waals surface area contributed by atoms with Crippen molar-refractivity contribution >= 4 is 32.8 Å². The minimum absolute atomic E-state index is 0.151. The Morgan fingerprint density at radius 1 is 1.30 bits per heavy atom. The number of carbonyl (C=O) groups is 1. The molecular weight excluding hydrogens is 344 g/mol. The SMILES string of the molecule is CCc1cc(C(=O)Nc2ccccc2S(=O)(=O)C(F)F)sc1C. The van der Waals surface area contributed by atoms with E-state index in [-0.39, 0.29) is 5.69 Å². The Kier molecular flexibility index (Phi) is 5.16. The first-order valence-corrected chi connectivity index (χ1v) is 9.15. The maximum atomic E-state index is 12.7. The fourth-order valence-corrected chi connectivity index (χ4v) is 3.98. The maximum Gasteiger partial charge on any atom is 0.341 e. The molecule has 1 aromatic heterocycles. The van der Waals surface area contributed by atoms with Crippen LogP contribution in [0.25, 0.3) is 0 Å². The standard InChI is InChI=1S/C15H15F2NO3S2/c1-3-10-8-12(22-9(10)2)14(19)18-11-6-4-5-7-13(11)23(20,21)15(16)17/h4-8,15H,3H2,1-2H3,(H,18,19). The van der Waals surface area contributed by atoms with Gasteiger partial charge in [-0.15, -0.1) is 11.3 Å². The number of sulfone groups is 1. The predicted molar refractivity (Wildman–Crippen MR) is 86.0 cm³/mol. The molecule has 23 heavy (non-hydrogen) atoms. The lowest BCUT2D eigenvalue weighted by Crippen LogP contribution is -2.17. The van der Waals surface area contributed by atoms with Crippen LogP contribution in [0.3, 0.4) is 0 Å². The van der Waals surface area contributed by atoms with E-state index in [1.54, 1.807) is 6.07 Å². The molecule has 0 fully saturated rings. The van der Waals surface area contributed by atoms with Gasteiger partial charge in [-0.25, -0.2) is 8.42 Å². The highest BCUT2D eigenvalue weighted by Gasteiger charge is 2.29. The van der Waals surface area contributed by atoms with Crippen molar-refractivity contribution < 1.29 is 22.0 Å². The van der Waals surface area contributed by atoms with E-state index in [9.17, 15) is 22.0 Å². The van der Waals surface area contributed by atoms with Gasteiger partial charge in [-0.3, -0.25) is 4.79 Å². The van der Waals surface area contributed by atoms with Crippen molar-refractivity contribution in [2.24, 2.45) is 0 Å². The second kappa shape index (κ2) is 6.76. The summed E-state index contributed by atoms with van der Waals surface area (Å²) in [4.78, 5) is 13.1. The molecular formula is C15H15F2NO3S2. The van der Waals surface area contributed by atoms with Crippen LogP contribution in [0.1, 0.15) is 27.0 Å². The average Bonchev–Trinajstić information content (AvgIpc) is 2.88. The van der Waals surface area contributed by atoms with E-state index in [1.165, 1.54) is 29.5 Å². The van der Waals surface area contributed by atoms with Crippen molar-refractivity contribution in [1.82, 2.24) is 0 Å². The van der Waals surface area contributed by atoms with Gasteiger partial charge in [0.25, 0.3) is 5.91 Å². The van der Waals surface area contributed by atoms with Gasteiger partial charge in [0, 0.05) is 4.88 Å². The number of para-hydroxylation sites is 1. The van der Waals surface area contributed by atoms with Crippen LogP contribution in [-0.4, -0.2) is 20.1 Å². The van der Waals surface area contributed by atoms with E-state index in [2.05, 4.69) is 5.32 Å². The van der Waals surface area contributed by atoms with E-state index in [1.807, 2.05) is 13.8 Å². The first kappa shape index (κ1) is 17.6. The van der Waals surface area contributed by atoms with Crippen LogP contribution in [0, 0.1) is 6.92 Å². The molecule has 1 heterocycles. The van der Waals surface area contributed by atoms with Gasteiger partial charge in [-0.2, -0.15) is 8.78 Å². The summed E-state index contributed by atoms with van der Waals surface area (Å²) in [6, 6.07) is 6.86. The minimum Gasteiger partial charge on any atom is -0.320 e. The summed E-state index contributed by atoms with van der Waals surface area (Å²) >= 11 is 1.28. The van der Waals surface area contributed by atoms with Crippen molar-refractivity contribution in [3.8, 4) is 0 Å². The third-order valence-corrected chi connectivity index (χ3v) is 5.83. The molecule has 0 bridgehead atoms. The minimum atomic E-state index is -4.79. The molecule has 2 aromatic rings. The van der Waals surface area contributed by atoms with E-state index in [0.717, 1.165) is 22.9 Å². The fraction of sp³-hybridized carbons (Fsp3) is 0.267. The third-order valence-electron chi connectivity index (χ3n) is 3.30. The summed E-state index contributed by atoms with van der Waals surface area (Å²) in [6.45, 7) is 3.84. The normalized spacial score (nSPS) is 11.7. The number of aryl methyl sites for hydroxylation is 2. The van der Waals surface area contributed by atoms with Crippen molar-refractivity contribution in [3.63, 3.8) is 0 Å². The second-order valence-corrected chi connectivity index (χ2v) is 7.94. The number of alkyl halides is 2. The van der Waals surface area contributed by atoms with Crippen LogP contribution in [0.15, 0.2) is 35.2 Å². The number of halogens is 2. The molecule has 1 amide bonds. The molecule has 0 aliphatic heterocycles. The number of carbonyl (C=O) groups excluding carboxylic acids is 1. The summed E-state index contributed by atoms with van der Waals surface area (Å²) in [5, 5.41) is 2.41. The lowest BCUT2D eigenvalue weighted by Gasteiger charge is -2.10. The zero-order valence-corrected chi connectivity index (χ0v) is 14.1. The Morgan fingerprint density at radius 2 is 1.96 bits per heavy atom. The molecule has 0 aliphatic rings. The van der Waals surface area contributed by atoms with Gasteiger partial charge in [0.05, 0.1) is 15.5 Å². The number of rotatable bonds is 5. The van der Waals surface area contributed by atoms with Crippen LogP contribution in [0.5, 0.6) is 0 Å². The average molecular weight is 359 g/mol. The summed E-state index contributed by atoms with van der Waals surface area (Å²) < 4.78 is 48.8. The highest BCUT2D eigenvalue weighted by atomic mass is 32.2. The van der Waals surface area contributed by atoms with Crippen LogP contribution in [0.4, 0.5) is 14.5 Å². The summed E-state index contributed by atoms with van der Waals surface area (Å²) in [5.41, 5.74) is 0.871. The number of anilines is 1. The Hall–Kier alpha value is -1.80. The van der Waals surface area contributed by atoms with Gasteiger partial charge in [-0.1, -0.05) is 19.1 Å². The Bertz CT molecular complexity index is 829. The van der Waals surface area contributed by atoms with Crippen molar-refractivity contribution in [1.29, 1.82) is 0 Å². The van der Waals surface area contributed by atoms with Gasteiger partial charge in [0.2, 0.25) is 9.84 Å². The first-order valence-electron chi connectivity index (χ1n) is 6.79. The highest BCUT2D eigenvalue weighted by molar-refractivity contribution is 7.91. The monoisotopic (exact) mass is 359 g/mol. The second-order valence-electron chi connectivity index (χ2n) is 4.80. The molecule has 1 aromatic carbocycles. The molecule has 0 saturated heterocycles. The summed E-state index contributed by atoms with van der Waals surface area (Å²) in [6.07, 6.45) is 0.770. The number of amides is 1. The maximum absolute atomic E-state index is 12.7. The van der Waals surface area contributed by atoms with Crippen LogP contribution in [-0.2, 0) is 16.3 Å². The number of hydrogen-bond acceptors (Lipinski definition) is 4. The molecule has 4 nitrogen and oxygen atoms in total. The van der Waals surface area contributed by atoms with Crippen LogP contribution < -0.4 is 5.32 Å². The Morgan fingerprint density at radius 3 is 2.52 bits per heavy atom. The fourth-order valence-electron chi connectivity index (χ4n) is 2.08. The van der Waals surface area contributed by atoms with Gasteiger partial charge in [0.1, 0.15) is 0 Å². The van der Waals surface area contributed by atoms with Crippen molar-refractivity contribution in [2.45, 2.75) is 30.9 Å². The lowest BCUT2D eigenvalue weighted by atomic mass is 10.2. The smallest absolute Gasteiger partial charge is 0.320 e. The van der Waals surface area contributed by atoms with Gasteiger partial charge in [-0.05, 0) is 37.1 Å². The number of hydrogen-bond donors (Lipinski definition) is 1. The molecule has 124 valence electrons. The van der Waals surface area contributed by atoms with Gasteiger partial charge >= 0.3 is 5.76 Å². The van der Waals surface area contributed by atoms with Crippen LogP contribution in [0.2, 0.25) is 0 Å². The molecule has 0 spiro atoms. The van der Waals surface area contributed by atoms with E-state index < -0.39 is 26.4 Å². The highest BCUT2D eigenvalue weighted by Crippen LogP contribution is 2.28. The molecule has 0 aliphatic carbocycles. The molecule has 0 unspecified atom stereocenters. The molecule has 0 atom stereocenters. The largest absolute Gasteiger partial charge is 0.341 e. The molecule has 1 N–H and O–H groups in total. The van der Waals surface area contributed by atoms with E-state index >= 15 is 0 Å². The number of nitrogens with one attached hydrogen (secondary N) is 1. The number of benzene rings is 1. The quantitative estimate of drug-likeness (QED) is 0.881. The topological polar surface area (TPSA) is 63.2 Å². The molecule has 0 radical (unpaired) electrons. The van der Waals surface area contributed by atoms with Crippen LogP contribution >= 0.6 is 11.3 Å². The Labute approximate surface area is 137 Å².